The zero-order valence-electron chi connectivity index (χ0n) is 12.9. The highest BCUT2D eigenvalue weighted by Crippen LogP contribution is 2.33. The fourth-order valence-corrected chi connectivity index (χ4v) is 2.94. The van der Waals surface area contributed by atoms with Crippen molar-refractivity contribution < 1.29 is 9.53 Å². The molecule has 4 heteroatoms. The molecule has 0 radical (unpaired) electrons. The van der Waals surface area contributed by atoms with Crippen molar-refractivity contribution >= 4 is 17.3 Å². The van der Waals surface area contributed by atoms with Gasteiger partial charge in [-0.1, -0.05) is 13.0 Å². The molecule has 4 unspecified atom stereocenters. The first kappa shape index (κ1) is 14.9. The fraction of sp³-hybridized carbons (Fsp3) is 0.562. The molecule has 0 saturated carbocycles. The predicted octanol–water partition coefficient (Wildman–Crippen LogP) is 2.88. The van der Waals surface area contributed by atoms with Crippen LogP contribution in [0.15, 0.2) is 12.1 Å². The molecule has 20 heavy (non-hydrogen) atoms. The molecular weight excluding hydrogens is 252 g/mol. The molecule has 1 fully saturated rings. The second-order valence-electron chi connectivity index (χ2n) is 5.94. The van der Waals surface area contributed by atoms with Crippen LogP contribution in [0.4, 0.5) is 11.4 Å². The van der Waals surface area contributed by atoms with Crippen LogP contribution in [0, 0.1) is 25.7 Å². The Morgan fingerprint density at radius 2 is 1.80 bits per heavy atom. The lowest BCUT2D eigenvalue weighted by Crippen LogP contribution is -2.32. The number of nitrogens with one attached hydrogen (secondary N) is 1. The van der Waals surface area contributed by atoms with Crippen LogP contribution in [-0.2, 0) is 9.53 Å². The van der Waals surface area contributed by atoms with Gasteiger partial charge in [0, 0.05) is 11.4 Å². The summed E-state index contributed by atoms with van der Waals surface area (Å²) in [6, 6.07) is 3.82. The second kappa shape index (κ2) is 5.44. The molecular formula is C16H24N2O2. The third kappa shape index (κ3) is 2.66. The van der Waals surface area contributed by atoms with E-state index in [-0.39, 0.29) is 30.0 Å². The van der Waals surface area contributed by atoms with E-state index in [1.165, 1.54) is 0 Å². The van der Waals surface area contributed by atoms with Crippen molar-refractivity contribution in [1.82, 2.24) is 0 Å². The maximum absolute atomic E-state index is 12.5. The molecule has 1 aromatic rings. The first-order chi connectivity index (χ1) is 9.31. The molecule has 1 aliphatic heterocycles. The lowest BCUT2D eigenvalue weighted by atomic mass is 9.88. The Morgan fingerprint density at radius 1 is 1.15 bits per heavy atom. The van der Waals surface area contributed by atoms with Gasteiger partial charge in [-0.05, 0) is 50.8 Å². The van der Waals surface area contributed by atoms with Crippen molar-refractivity contribution in [2.45, 2.75) is 46.8 Å². The van der Waals surface area contributed by atoms with Gasteiger partial charge in [-0.3, -0.25) is 4.79 Å². The van der Waals surface area contributed by atoms with E-state index in [1.54, 1.807) is 0 Å². The summed E-state index contributed by atoms with van der Waals surface area (Å²) in [7, 11) is 0. The zero-order chi connectivity index (χ0) is 15.0. The SMILES string of the molecule is Cc1cc(C)c(NC(=O)C2C(C)OC(C)C2C)cc1N. The van der Waals surface area contributed by atoms with Crippen molar-refractivity contribution in [1.29, 1.82) is 0 Å². The summed E-state index contributed by atoms with van der Waals surface area (Å²) < 4.78 is 5.73. The minimum Gasteiger partial charge on any atom is -0.398 e. The maximum atomic E-state index is 12.5. The first-order valence-corrected chi connectivity index (χ1v) is 7.14. The monoisotopic (exact) mass is 276 g/mol. The summed E-state index contributed by atoms with van der Waals surface area (Å²) in [5.41, 5.74) is 9.46. The van der Waals surface area contributed by atoms with Crippen molar-refractivity contribution in [2.24, 2.45) is 11.8 Å². The molecule has 0 spiro atoms. The van der Waals surface area contributed by atoms with Crippen LogP contribution in [0.1, 0.15) is 31.9 Å². The average molecular weight is 276 g/mol. The van der Waals surface area contributed by atoms with Gasteiger partial charge < -0.3 is 15.8 Å². The molecule has 3 N–H and O–H groups in total. The Labute approximate surface area is 120 Å². The highest BCUT2D eigenvalue weighted by Gasteiger charge is 2.41. The Morgan fingerprint density at radius 3 is 2.35 bits per heavy atom. The van der Waals surface area contributed by atoms with Crippen LogP contribution in [0.2, 0.25) is 0 Å². The quantitative estimate of drug-likeness (QED) is 0.816. The van der Waals surface area contributed by atoms with E-state index in [0.717, 1.165) is 16.8 Å². The summed E-state index contributed by atoms with van der Waals surface area (Å²) in [5.74, 6) is 0.112. The number of benzene rings is 1. The summed E-state index contributed by atoms with van der Waals surface area (Å²) in [4.78, 5) is 12.5. The second-order valence-corrected chi connectivity index (χ2v) is 5.94. The van der Waals surface area contributed by atoms with Gasteiger partial charge in [0.1, 0.15) is 0 Å². The summed E-state index contributed by atoms with van der Waals surface area (Å²) >= 11 is 0. The van der Waals surface area contributed by atoms with E-state index in [4.69, 9.17) is 10.5 Å². The van der Waals surface area contributed by atoms with Gasteiger partial charge in [-0.2, -0.15) is 0 Å². The van der Waals surface area contributed by atoms with Crippen molar-refractivity contribution in [3.8, 4) is 0 Å². The number of nitrogen functional groups attached to an aromatic ring is 1. The van der Waals surface area contributed by atoms with E-state index < -0.39 is 0 Å². The van der Waals surface area contributed by atoms with Crippen LogP contribution in [0.25, 0.3) is 0 Å². The normalized spacial score (nSPS) is 29.4. The zero-order valence-corrected chi connectivity index (χ0v) is 12.9. The Balaban J connectivity index is 2.18. The summed E-state index contributed by atoms with van der Waals surface area (Å²) in [6.07, 6.45) is 0.0630. The smallest absolute Gasteiger partial charge is 0.230 e. The van der Waals surface area contributed by atoms with Crippen LogP contribution < -0.4 is 11.1 Å². The number of ether oxygens (including phenoxy) is 1. The summed E-state index contributed by atoms with van der Waals surface area (Å²) in [5, 5.41) is 3.00. The molecule has 1 saturated heterocycles. The number of hydrogen-bond acceptors (Lipinski definition) is 3. The van der Waals surface area contributed by atoms with E-state index in [0.29, 0.717) is 5.69 Å². The number of rotatable bonds is 2. The third-order valence-electron chi connectivity index (χ3n) is 4.42. The highest BCUT2D eigenvalue weighted by atomic mass is 16.5. The predicted molar refractivity (Wildman–Crippen MR) is 81.6 cm³/mol. The molecule has 4 atom stereocenters. The van der Waals surface area contributed by atoms with E-state index in [9.17, 15) is 4.79 Å². The van der Waals surface area contributed by atoms with Crippen molar-refractivity contribution in [2.75, 3.05) is 11.1 Å². The molecule has 1 heterocycles. The molecule has 1 aliphatic rings. The van der Waals surface area contributed by atoms with E-state index in [1.807, 2.05) is 39.8 Å². The Bertz CT molecular complexity index is 527. The maximum Gasteiger partial charge on any atom is 0.230 e. The van der Waals surface area contributed by atoms with Crippen LogP contribution >= 0.6 is 0 Å². The molecule has 1 aromatic carbocycles. The van der Waals surface area contributed by atoms with Crippen molar-refractivity contribution in [3.05, 3.63) is 23.3 Å². The molecule has 4 nitrogen and oxygen atoms in total. The van der Waals surface area contributed by atoms with Crippen molar-refractivity contribution in [3.63, 3.8) is 0 Å². The molecule has 1 amide bonds. The fourth-order valence-electron chi connectivity index (χ4n) is 2.94. The van der Waals surface area contributed by atoms with E-state index in [2.05, 4.69) is 12.2 Å². The lowest BCUT2D eigenvalue weighted by molar-refractivity contribution is -0.121. The highest BCUT2D eigenvalue weighted by molar-refractivity contribution is 5.94. The van der Waals surface area contributed by atoms with Gasteiger partial charge in [0.2, 0.25) is 5.91 Å². The molecule has 110 valence electrons. The molecule has 0 aliphatic carbocycles. The number of aryl methyl sites for hydroxylation is 2. The molecule has 0 bridgehead atoms. The van der Waals surface area contributed by atoms with Crippen LogP contribution in [0.3, 0.4) is 0 Å². The number of amides is 1. The Kier molecular flexibility index (Phi) is 4.04. The molecule has 0 aromatic heterocycles. The van der Waals surface area contributed by atoms with Crippen LogP contribution in [-0.4, -0.2) is 18.1 Å². The minimum atomic E-state index is -0.119. The third-order valence-corrected chi connectivity index (χ3v) is 4.42. The number of anilines is 2. The van der Waals surface area contributed by atoms with Gasteiger partial charge >= 0.3 is 0 Å². The topological polar surface area (TPSA) is 64.3 Å². The minimum absolute atomic E-state index is 0.0145. The van der Waals surface area contributed by atoms with Gasteiger partial charge in [0.25, 0.3) is 0 Å². The van der Waals surface area contributed by atoms with Gasteiger partial charge in [-0.25, -0.2) is 0 Å². The van der Waals surface area contributed by atoms with E-state index >= 15 is 0 Å². The number of nitrogens with two attached hydrogens (primary N) is 1. The lowest BCUT2D eigenvalue weighted by Gasteiger charge is -2.19. The Hall–Kier alpha value is -1.55. The first-order valence-electron chi connectivity index (χ1n) is 7.14. The van der Waals surface area contributed by atoms with Crippen LogP contribution in [0.5, 0.6) is 0 Å². The van der Waals surface area contributed by atoms with Gasteiger partial charge in [-0.15, -0.1) is 0 Å². The largest absolute Gasteiger partial charge is 0.398 e. The van der Waals surface area contributed by atoms with Gasteiger partial charge in [0.15, 0.2) is 0 Å². The number of carbonyl (C=O) groups is 1. The summed E-state index contributed by atoms with van der Waals surface area (Å²) in [6.45, 7) is 9.98. The molecule has 2 rings (SSSR count). The standard InChI is InChI=1S/C16H24N2O2/c1-8-6-9(2)14(7-13(8)17)18-16(19)15-10(3)11(4)20-12(15)5/h6-7,10-12,15H,17H2,1-5H3,(H,18,19). The number of hydrogen-bond donors (Lipinski definition) is 2. The number of carbonyl (C=O) groups excluding carboxylic acids is 1. The van der Waals surface area contributed by atoms with Gasteiger partial charge in [0.05, 0.1) is 18.1 Å². The average Bonchev–Trinajstić information content (AvgIpc) is 2.60.